The van der Waals surface area contributed by atoms with E-state index in [2.05, 4.69) is 5.32 Å². The molecule has 0 aromatic heterocycles. The Morgan fingerprint density at radius 3 is 2.19 bits per heavy atom. The average molecular weight is 354 g/mol. The van der Waals surface area contributed by atoms with E-state index < -0.39 is 0 Å². The first-order valence-electron chi connectivity index (χ1n) is 8.54. The van der Waals surface area contributed by atoms with Crippen molar-refractivity contribution < 1.29 is 19.1 Å². The first-order valence-corrected chi connectivity index (χ1v) is 8.54. The third kappa shape index (κ3) is 3.96. The van der Waals surface area contributed by atoms with Gasteiger partial charge in [0.2, 0.25) is 0 Å². The zero-order valence-electron chi connectivity index (χ0n) is 15.0. The quantitative estimate of drug-likeness (QED) is 0.895. The number of benzene rings is 2. The molecule has 0 saturated carbocycles. The molecule has 1 aliphatic heterocycles. The van der Waals surface area contributed by atoms with Gasteiger partial charge >= 0.3 is 0 Å². The second-order valence-corrected chi connectivity index (χ2v) is 6.14. The monoisotopic (exact) mass is 354 g/mol. The van der Waals surface area contributed by atoms with E-state index in [9.17, 15) is 9.59 Å². The molecule has 0 unspecified atom stereocenters. The fraction of sp³-hybridized carbons (Fsp3) is 0.300. The molecule has 26 heavy (non-hydrogen) atoms. The number of carbonyl (C=O) groups excluding carboxylic acids is 2. The summed E-state index contributed by atoms with van der Waals surface area (Å²) in [6, 6.07) is 12.0. The highest BCUT2D eigenvalue weighted by Gasteiger charge is 2.20. The Morgan fingerprint density at radius 1 is 0.923 bits per heavy atom. The molecular formula is C20H22N2O4. The predicted octanol–water partition coefficient (Wildman–Crippen LogP) is 3.19. The van der Waals surface area contributed by atoms with E-state index >= 15 is 0 Å². The minimum absolute atomic E-state index is 0.00153. The molecule has 1 heterocycles. The van der Waals surface area contributed by atoms with Gasteiger partial charge in [-0.1, -0.05) is 6.07 Å². The van der Waals surface area contributed by atoms with Crippen molar-refractivity contribution in [1.29, 1.82) is 0 Å². The Kier molecular flexibility index (Phi) is 5.41. The third-order valence-electron chi connectivity index (χ3n) is 4.37. The van der Waals surface area contributed by atoms with Gasteiger partial charge in [-0.15, -0.1) is 0 Å². The number of likely N-dealkylation sites (tertiary alicyclic amines) is 1. The summed E-state index contributed by atoms with van der Waals surface area (Å²) >= 11 is 0. The maximum atomic E-state index is 12.6. The molecule has 2 amide bonds. The first kappa shape index (κ1) is 17.8. The number of hydrogen-bond donors (Lipinski definition) is 1. The number of nitrogens with one attached hydrogen (secondary N) is 1. The van der Waals surface area contributed by atoms with E-state index in [1.165, 1.54) is 14.2 Å². The summed E-state index contributed by atoms with van der Waals surface area (Å²) in [7, 11) is 3.06. The van der Waals surface area contributed by atoms with Gasteiger partial charge in [0.15, 0.2) is 0 Å². The molecule has 136 valence electrons. The van der Waals surface area contributed by atoms with Crippen molar-refractivity contribution in [3.8, 4) is 11.5 Å². The molecule has 1 fully saturated rings. The SMILES string of the molecule is COc1cc(OC)cc(C(=O)Nc2cccc(C(=O)N3CCCC3)c2)c1. The van der Waals surface area contributed by atoms with Crippen LogP contribution in [-0.4, -0.2) is 44.0 Å². The van der Waals surface area contributed by atoms with Gasteiger partial charge < -0.3 is 19.7 Å². The summed E-state index contributed by atoms with van der Waals surface area (Å²) < 4.78 is 10.4. The Bertz CT molecular complexity index is 791. The summed E-state index contributed by atoms with van der Waals surface area (Å²) in [4.78, 5) is 26.9. The van der Waals surface area contributed by atoms with Crippen LogP contribution in [0, 0.1) is 0 Å². The average Bonchev–Trinajstić information content (AvgIpc) is 3.21. The zero-order chi connectivity index (χ0) is 18.5. The fourth-order valence-corrected chi connectivity index (χ4v) is 2.97. The van der Waals surface area contributed by atoms with Gasteiger partial charge in [0.25, 0.3) is 11.8 Å². The van der Waals surface area contributed by atoms with Crippen molar-refractivity contribution in [2.75, 3.05) is 32.6 Å². The van der Waals surface area contributed by atoms with Crippen molar-refractivity contribution in [2.45, 2.75) is 12.8 Å². The number of anilines is 1. The van der Waals surface area contributed by atoms with Crippen LogP contribution in [0.4, 0.5) is 5.69 Å². The van der Waals surface area contributed by atoms with Crippen LogP contribution in [0.2, 0.25) is 0 Å². The molecule has 0 spiro atoms. The maximum absolute atomic E-state index is 12.6. The van der Waals surface area contributed by atoms with E-state index in [0.29, 0.717) is 28.3 Å². The molecule has 2 aromatic carbocycles. The molecule has 1 saturated heterocycles. The lowest BCUT2D eigenvalue weighted by Crippen LogP contribution is -2.27. The van der Waals surface area contributed by atoms with E-state index in [1.54, 1.807) is 42.5 Å². The zero-order valence-corrected chi connectivity index (χ0v) is 15.0. The van der Waals surface area contributed by atoms with Crippen LogP contribution in [0.1, 0.15) is 33.6 Å². The van der Waals surface area contributed by atoms with Crippen LogP contribution in [0.5, 0.6) is 11.5 Å². The summed E-state index contributed by atoms with van der Waals surface area (Å²) in [5.41, 5.74) is 1.56. The molecule has 1 N–H and O–H groups in total. The number of hydrogen-bond acceptors (Lipinski definition) is 4. The van der Waals surface area contributed by atoms with Crippen molar-refractivity contribution in [3.63, 3.8) is 0 Å². The van der Waals surface area contributed by atoms with Crippen LogP contribution < -0.4 is 14.8 Å². The van der Waals surface area contributed by atoms with E-state index in [-0.39, 0.29) is 11.8 Å². The number of rotatable bonds is 5. The second-order valence-electron chi connectivity index (χ2n) is 6.14. The Balaban J connectivity index is 1.77. The number of carbonyl (C=O) groups is 2. The van der Waals surface area contributed by atoms with Crippen molar-refractivity contribution in [2.24, 2.45) is 0 Å². The lowest BCUT2D eigenvalue weighted by atomic mass is 10.1. The minimum Gasteiger partial charge on any atom is -0.497 e. The van der Waals surface area contributed by atoms with Gasteiger partial charge in [0.05, 0.1) is 14.2 Å². The highest BCUT2D eigenvalue weighted by atomic mass is 16.5. The van der Waals surface area contributed by atoms with Gasteiger partial charge in [0, 0.05) is 36.0 Å². The lowest BCUT2D eigenvalue weighted by molar-refractivity contribution is 0.0792. The minimum atomic E-state index is -0.298. The molecule has 0 radical (unpaired) electrons. The van der Waals surface area contributed by atoms with Crippen LogP contribution in [-0.2, 0) is 0 Å². The van der Waals surface area contributed by atoms with Crippen molar-refractivity contribution in [3.05, 3.63) is 53.6 Å². The van der Waals surface area contributed by atoms with Crippen LogP contribution in [0.3, 0.4) is 0 Å². The smallest absolute Gasteiger partial charge is 0.255 e. The van der Waals surface area contributed by atoms with Crippen LogP contribution >= 0.6 is 0 Å². The predicted molar refractivity (Wildman–Crippen MR) is 99.1 cm³/mol. The molecule has 1 aliphatic rings. The molecule has 6 nitrogen and oxygen atoms in total. The van der Waals surface area contributed by atoms with E-state index in [0.717, 1.165) is 25.9 Å². The normalized spacial score (nSPS) is 13.4. The van der Waals surface area contributed by atoms with Gasteiger partial charge in [0.1, 0.15) is 11.5 Å². The highest BCUT2D eigenvalue weighted by Crippen LogP contribution is 2.23. The topological polar surface area (TPSA) is 67.9 Å². The van der Waals surface area contributed by atoms with E-state index in [4.69, 9.17) is 9.47 Å². The molecule has 2 aromatic rings. The fourth-order valence-electron chi connectivity index (χ4n) is 2.97. The standard InChI is InChI=1S/C20H22N2O4/c1-25-17-11-15(12-18(13-17)26-2)19(23)21-16-7-5-6-14(10-16)20(24)22-8-3-4-9-22/h5-7,10-13H,3-4,8-9H2,1-2H3,(H,21,23). The largest absolute Gasteiger partial charge is 0.497 e. The molecule has 3 rings (SSSR count). The third-order valence-corrected chi connectivity index (χ3v) is 4.37. The van der Waals surface area contributed by atoms with Gasteiger partial charge in [-0.3, -0.25) is 9.59 Å². The summed E-state index contributed by atoms with van der Waals surface area (Å²) in [6.07, 6.45) is 2.08. The first-order chi connectivity index (χ1) is 12.6. The number of ether oxygens (including phenoxy) is 2. The molecule has 6 heteroatoms. The Labute approximate surface area is 152 Å². The number of nitrogens with zero attached hydrogens (tertiary/aromatic N) is 1. The number of methoxy groups -OCH3 is 2. The molecule has 0 atom stereocenters. The van der Waals surface area contributed by atoms with Crippen LogP contribution in [0.25, 0.3) is 0 Å². The summed E-state index contributed by atoms with van der Waals surface area (Å²) in [5.74, 6) is 0.773. The van der Waals surface area contributed by atoms with Gasteiger partial charge in [-0.05, 0) is 43.2 Å². The van der Waals surface area contributed by atoms with Gasteiger partial charge in [-0.2, -0.15) is 0 Å². The maximum Gasteiger partial charge on any atom is 0.255 e. The van der Waals surface area contributed by atoms with Crippen molar-refractivity contribution >= 4 is 17.5 Å². The van der Waals surface area contributed by atoms with E-state index in [1.807, 2.05) is 4.90 Å². The second kappa shape index (κ2) is 7.91. The molecular weight excluding hydrogens is 332 g/mol. The Morgan fingerprint density at radius 2 is 1.58 bits per heavy atom. The lowest BCUT2D eigenvalue weighted by Gasteiger charge is -2.16. The highest BCUT2D eigenvalue weighted by molar-refractivity contribution is 6.05. The molecule has 0 bridgehead atoms. The summed E-state index contributed by atoms with van der Waals surface area (Å²) in [6.45, 7) is 1.58. The van der Waals surface area contributed by atoms with Crippen LogP contribution in [0.15, 0.2) is 42.5 Å². The summed E-state index contributed by atoms with van der Waals surface area (Å²) in [5, 5.41) is 2.83. The van der Waals surface area contributed by atoms with Gasteiger partial charge in [-0.25, -0.2) is 0 Å². The Hall–Kier alpha value is -3.02. The number of amides is 2. The molecule has 0 aliphatic carbocycles. The van der Waals surface area contributed by atoms with Crippen molar-refractivity contribution in [1.82, 2.24) is 4.90 Å².